The minimum Gasteiger partial charge on any atom is -0.497 e. The number of amides is 1. The molecule has 0 aliphatic carbocycles. The van der Waals surface area contributed by atoms with Crippen molar-refractivity contribution < 1.29 is 19.4 Å². The van der Waals surface area contributed by atoms with E-state index >= 15 is 0 Å². The summed E-state index contributed by atoms with van der Waals surface area (Å²) in [5.74, 6) is -0.492. The van der Waals surface area contributed by atoms with Crippen molar-refractivity contribution in [2.45, 2.75) is 13.0 Å². The molecule has 0 bridgehead atoms. The second-order valence-electron chi connectivity index (χ2n) is 4.76. The first-order valence-electron chi connectivity index (χ1n) is 6.81. The molecule has 0 aromatic heterocycles. The number of carbonyl (C=O) groups excluding carboxylic acids is 1. The molecule has 2 aromatic rings. The van der Waals surface area contributed by atoms with Crippen LogP contribution in [0.1, 0.15) is 21.5 Å². The lowest BCUT2D eigenvalue weighted by Crippen LogP contribution is -2.25. The van der Waals surface area contributed by atoms with Crippen molar-refractivity contribution in [3.63, 3.8) is 0 Å². The van der Waals surface area contributed by atoms with Crippen molar-refractivity contribution in [2.75, 3.05) is 7.11 Å². The van der Waals surface area contributed by atoms with Gasteiger partial charge in [0.1, 0.15) is 5.75 Å². The number of nitrogens with one attached hydrogen (secondary N) is 1. The first-order valence-corrected chi connectivity index (χ1v) is 6.81. The summed E-state index contributed by atoms with van der Waals surface area (Å²) < 4.78 is 5.07. The third-order valence-electron chi connectivity index (χ3n) is 3.25. The lowest BCUT2D eigenvalue weighted by molar-refractivity contribution is -0.120. The summed E-state index contributed by atoms with van der Waals surface area (Å²) in [6.45, 7) is 0.387. The minimum atomic E-state index is -1.03. The Morgan fingerprint density at radius 3 is 2.41 bits per heavy atom. The first kappa shape index (κ1) is 15.6. The molecule has 1 amide bonds. The van der Waals surface area contributed by atoms with Gasteiger partial charge in [0.25, 0.3) is 0 Å². The molecular formula is C17H17NO4. The second-order valence-corrected chi connectivity index (χ2v) is 4.76. The van der Waals surface area contributed by atoms with Gasteiger partial charge in [0, 0.05) is 6.54 Å². The summed E-state index contributed by atoms with van der Waals surface area (Å²) in [6, 6.07) is 13.9. The predicted molar refractivity (Wildman–Crippen MR) is 81.9 cm³/mol. The molecule has 0 fully saturated rings. The Morgan fingerprint density at radius 1 is 1.09 bits per heavy atom. The maximum Gasteiger partial charge on any atom is 0.335 e. The molecule has 0 aliphatic heterocycles. The van der Waals surface area contributed by atoms with E-state index in [9.17, 15) is 9.59 Å². The Labute approximate surface area is 128 Å². The van der Waals surface area contributed by atoms with Crippen LogP contribution in [-0.4, -0.2) is 24.1 Å². The standard InChI is InChI=1S/C17H17NO4/c1-22-14-8-6-12(7-9-14)11-18-16(19)10-13-4-2-3-5-15(13)17(20)21/h2-9H,10-11H2,1H3,(H,18,19)(H,20,21). The van der Waals surface area contributed by atoms with Gasteiger partial charge in [0.2, 0.25) is 5.91 Å². The number of hydrogen-bond donors (Lipinski definition) is 2. The number of benzene rings is 2. The second kappa shape index (κ2) is 7.26. The highest BCUT2D eigenvalue weighted by Gasteiger charge is 2.12. The molecule has 22 heavy (non-hydrogen) atoms. The smallest absolute Gasteiger partial charge is 0.335 e. The van der Waals surface area contributed by atoms with E-state index < -0.39 is 5.97 Å². The van der Waals surface area contributed by atoms with Gasteiger partial charge in [0.05, 0.1) is 19.1 Å². The van der Waals surface area contributed by atoms with Crippen LogP contribution in [0.4, 0.5) is 0 Å². The van der Waals surface area contributed by atoms with E-state index in [2.05, 4.69) is 5.32 Å². The molecule has 114 valence electrons. The Bertz CT molecular complexity index is 665. The van der Waals surface area contributed by atoms with Crippen LogP contribution in [0.2, 0.25) is 0 Å². The van der Waals surface area contributed by atoms with Gasteiger partial charge in [-0.25, -0.2) is 4.79 Å². The Hall–Kier alpha value is -2.82. The van der Waals surface area contributed by atoms with Gasteiger partial charge in [-0.15, -0.1) is 0 Å². The van der Waals surface area contributed by atoms with Crippen molar-refractivity contribution in [3.8, 4) is 5.75 Å². The van der Waals surface area contributed by atoms with E-state index in [1.165, 1.54) is 6.07 Å². The van der Waals surface area contributed by atoms with Gasteiger partial charge in [-0.3, -0.25) is 4.79 Å². The molecule has 2 aromatic carbocycles. The zero-order valence-corrected chi connectivity index (χ0v) is 12.2. The number of carbonyl (C=O) groups is 2. The van der Waals surface area contributed by atoms with Crippen LogP contribution in [0.15, 0.2) is 48.5 Å². The predicted octanol–water partition coefficient (Wildman–Crippen LogP) is 2.25. The van der Waals surface area contributed by atoms with Crippen LogP contribution in [0.3, 0.4) is 0 Å². The molecule has 2 rings (SSSR count). The monoisotopic (exact) mass is 299 g/mol. The summed E-state index contributed by atoms with van der Waals surface area (Å²) in [5, 5.41) is 11.9. The van der Waals surface area contributed by atoms with Gasteiger partial charge in [-0.05, 0) is 29.3 Å². The van der Waals surface area contributed by atoms with Crippen LogP contribution in [0.25, 0.3) is 0 Å². The summed E-state index contributed by atoms with van der Waals surface area (Å²) in [4.78, 5) is 23.1. The van der Waals surface area contributed by atoms with Crippen molar-refractivity contribution in [3.05, 3.63) is 65.2 Å². The Morgan fingerprint density at radius 2 is 1.77 bits per heavy atom. The highest BCUT2D eigenvalue weighted by molar-refractivity contribution is 5.91. The molecule has 0 aliphatic rings. The third-order valence-corrected chi connectivity index (χ3v) is 3.25. The molecule has 0 radical (unpaired) electrons. The van der Waals surface area contributed by atoms with E-state index in [1.807, 2.05) is 24.3 Å². The van der Waals surface area contributed by atoms with E-state index in [1.54, 1.807) is 25.3 Å². The van der Waals surface area contributed by atoms with E-state index in [0.29, 0.717) is 12.1 Å². The quantitative estimate of drug-likeness (QED) is 0.858. The van der Waals surface area contributed by atoms with Crippen molar-refractivity contribution >= 4 is 11.9 Å². The fraction of sp³-hybridized carbons (Fsp3) is 0.176. The van der Waals surface area contributed by atoms with Gasteiger partial charge in [-0.2, -0.15) is 0 Å². The van der Waals surface area contributed by atoms with Gasteiger partial charge in [0.15, 0.2) is 0 Å². The normalized spacial score (nSPS) is 10.0. The first-order chi connectivity index (χ1) is 10.6. The molecule has 2 N–H and O–H groups in total. The minimum absolute atomic E-state index is 0.0403. The largest absolute Gasteiger partial charge is 0.497 e. The van der Waals surface area contributed by atoms with Crippen LogP contribution in [0.5, 0.6) is 5.75 Å². The number of aromatic carboxylic acids is 1. The van der Waals surface area contributed by atoms with E-state index in [4.69, 9.17) is 9.84 Å². The highest BCUT2D eigenvalue weighted by atomic mass is 16.5. The molecule has 0 saturated heterocycles. The molecule has 0 heterocycles. The number of carboxylic acid groups (broad SMARTS) is 1. The molecule has 0 unspecified atom stereocenters. The fourth-order valence-corrected chi connectivity index (χ4v) is 2.06. The summed E-state index contributed by atoms with van der Waals surface area (Å²) >= 11 is 0. The molecule has 0 saturated carbocycles. The average Bonchev–Trinajstić information content (AvgIpc) is 2.53. The number of carboxylic acids is 1. The summed E-state index contributed by atoms with van der Waals surface area (Å²) in [7, 11) is 1.59. The zero-order valence-electron chi connectivity index (χ0n) is 12.2. The SMILES string of the molecule is COc1ccc(CNC(=O)Cc2ccccc2C(=O)O)cc1. The maximum atomic E-state index is 12.0. The van der Waals surface area contributed by atoms with Gasteiger partial charge >= 0.3 is 5.97 Å². The van der Waals surface area contributed by atoms with Crippen LogP contribution in [0, 0.1) is 0 Å². The Kier molecular flexibility index (Phi) is 5.14. The Balaban J connectivity index is 1.94. The fourth-order valence-electron chi connectivity index (χ4n) is 2.06. The van der Waals surface area contributed by atoms with Crippen LogP contribution >= 0.6 is 0 Å². The number of methoxy groups -OCH3 is 1. The molecule has 5 nitrogen and oxygen atoms in total. The van der Waals surface area contributed by atoms with Crippen LogP contribution < -0.4 is 10.1 Å². The highest BCUT2D eigenvalue weighted by Crippen LogP contribution is 2.12. The molecule has 5 heteroatoms. The molecule has 0 atom stereocenters. The van der Waals surface area contributed by atoms with E-state index in [-0.39, 0.29) is 17.9 Å². The lowest BCUT2D eigenvalue weighted by atomic mass is 10.0. The summed E-state index contributed by atoms with van der Waals surface area (Å²) in [6.07, 6.45) is 0.0403. The van der Waals surface area contributed by atoms with Crippen LogP contribution in [-0.2, 0) is 17.8 Å². The average molecular weight is 299 g/mol. The number of ether oxygens (including phenoxy) is 1. The lowest BCUT2D eigenvalue weighted by Gasteiger charge is -2.08. The van der Waals surface area contributed by atoms with E-state index in [0.717, 1.165) is 11.3 Å². The topological polar surface area (TPSA) is 75.6 Å². The molecular weight excluding hydrogens is 282 g/mol. The number of rotatable bonds is 6. The van der Waals surface area contributed by atoms with Crippen molar-refractivity contribution in [1.82, 2.24) is 5.32 Å². The van der Waals surface area contributed by atoms with Gasteiger partial charge in [-0.1, -0.05) is 30.3 Å². The van der Waals surface area contributed by atoms with Gasteiger partial charge < -0.3 is 15.2 Å². The molecule has 0 spiro atoms. The van der Waals surface area contributed by atoms with Crippen molar-refractivity contribution in [1.29, 1.82) is 0 Å². The zero-order chi connectivity index (χ0) is 15.9. The third kappa shape index (κ3) is 4.09. The van der Waals surface area contributed by atoms with Crippen molar-refractivity contribution in [2.24, 2.45) is 0 Å². The number of hydrogen-bond acceptors (Lipinski definition) is 3. The summed E-state index contributed by atoms with van der Waals surface area (Å²) in [5.41, 5.74) is 1.60. The maximum absolute atomic E-state index is 12.0.